The quantitative estimate of drug-likeness (QED) is 0.168. The fourth-order valence-corrected chi connectivity index (χ4v) is 6.58. The lowest BCUT2D eigenvalue weighted by Crippen LogP contribution is -1.97. The van der Waals surface area contributed by atoms with Crippen molar-refractivity contribution in [2.75, 3.05) is 0 Å². The van der Waals surface area contributed by atoms with Crippen LogP contribution in [0.25, 0.3) is 89.9 Å². The fraction of sp³-hybridized carbons (Fsp3) is 0. The molecule has 3 heteroatoms. The lowest BCUT2D eigenvalue weighted by Gasteiger charge is -2.15. The van der Waals surface area contributed by atoms with Crippen LogP contribution in [0.3, 0.4) is 0 Å². The Morgan fingerprint density at radius 2 is 0.958 bits per heavy atom. The molecule has 8 aromatic rings. The third-order valence-electron chi connectivity index (χ3n) is 8.92. The van der Waals surface area contributed by atoms with Crippen LogP contribution in [0.5, 0.6) is 0 Å². The van der Waals surface area contributed by atoms with E-state index in [9.17, 15) is 0 Å². The number of hydrogen-bond acceptors (Lipinski definition) is 3. The van der Waals surface area contributed by atoms with Gasteiger partial charge in [-0.05, 0) is 79.7 Å². The van der Waals surface area contributed by atoms with Crippen LogP contribution in [0.1, 0.15) is 11.1 Å². The van der Waals surface area contributed by atoms with Crippen molar-refractivity contribution < 1.29 is 0 Å². The summed E-state index contributed by atoms with van der Waals surface area (Å²) >= 11 is 0. The van der Waals surface area contributed by atoms with Gasteiger partial charge in [0, 0.05) is 34.6 Å². The average Bonchev–Trinajstić information content (AvgIpc) is 3.17. The highest BCUT2D eigenvalue weighted by Gasteiger charge is 2.16. The molecular formula is C45H31N3. The van der Waals surface area contributed by atoms with E-state index in [2.05, 4.69) is 146 Å². The van der Waals surface area contributed by atoms with Gasteiger partial charge in [-0.1, -0.05) is 135 Å². The molecule has 0 N–H and O–H groups in total. The van der Waals surface area contributed by atoms with Gasteiger partial charge in [0.2, 0.25) is 0 Å². The van der Waals surface area contributed by atoms with Gasteiger partial charge in [0.1, 0.15) is 0 Å². The summed E-state index contributed by atoms with van der Waals surface area (Å²) in [5, 5.41) is 4.59. The summed E-state index contributed by atoms with van der Waals surface area (Å²) in [5.41, 5.74) is 11.2. The zero-order valence-corrected chi connectivity index (χ0v) is 26.3. The molecule has 0 spiro atoms. The summed E-state index contributed by atoms with van der Waals surface area (Å²) in [5.74, 6) is 0.657. The summed E-state index contributed by atoms with van der Waals surface area (Å²) in [6.45, 7) is 8.34. The van der Waals surface area contributed by atoms with Gasteiger partial charge in [-0.15, -0.1) is 0 Å². The van der Waals surface area contributed by atoms with Crippen molar-refractivity contribution in [3.8, 4) is 56.2 Å². The minimum atomic E-state index is 0.657. The molecule has 0 unspecified atom stereocenters. The molecule has 0 aliphatic rings. The van der Waals surface area contributed by atoms with Crippen molar-refractivity contribution in [3.05, 3.63) is 176 Å². The number of aromatic nitrogens is 3. The monoisotopic (exact) mass is 613 g/mol. The highest BCUT2D eigenvalue weighted by molar-refractivity contribution is 6.15. The lowest BCUT2D eigenvalue weighted by molar-refractivity contribution is 1.18. The molecule has 6 aromatic carbocycles. The van der Waals surface area contributed by atoms with Crippen molar-refractivity contribution in [3.63, 3.8) is 0 Å². The van der Waals surface area contributed by atoms with Gasteiger partial charge in [-0.2, -0.15) is 0 Å². The maximum absolute atomic E-state index is 5.21. The molecule has 2 aromatic heterocycles. The third-order valence-corrected chi connectivity index (χ3v) is 8.92. The molecule has 0 fully saturated rings. The van der Waals surface area contributed by atoms with Gasteiger partial charge in [0.15, 0.2) is 5.82 Å². The molecule has 0 amide bonds. The molecule has 0 radical (unpaired) electrons. The Bertz CT molecular complexity index is 2380. The van der Waals surface area contributed by atoms with Crippen LogP contribution < -0.4 is 0 Å². The molecule has 0 aliphatic heterocycles. The van der Waals surface area contributed by atoms with E-state index in [0.717, 1.165) is 77.6 Å². The van der Waals surface area contributed by atoms with Crippen LogP contribution in [0.4, 0.5) is 0 Å². The first-order valence-electron chi connectivity index (χ1n) is 16.0. The zero-order valence-electron chi connectivity index (χ0n) is 26.3. The van der Waals surface area contributed by atoms with Crippen molar-refractivity contribution in [1.82, 2.24) is 15.0 Å². The molecule has 0 atom stereocenters. The maximum atomic E-state index is 5.21. The van der Waals surface area contributed by atoms with Crippen LogP contribution >= 0.6 is 0 Å². The number of benzene rings is 6. The Labute approximate surface area is 280 Å². The summed E-state index contributed by atoms with van der Waals surface area (Å²) < 4.78 is 0. The van der Waals surface area contributed by atoms with Crippen LogP contribution in [-0.2, 0) is 0 Å². The van der Waals surface area contributed by atoms with E-state index in [0.29, 0.717) is 5.82 Å². The van der Waals surface area contributed by atoms with Crippen molar-refractivity contribution in [2.24, 2.45) is 0 Å². The smallest absolute Gasteiger partial charge is 0.160 e. The fourth-order valence-electron chi connectivity index (χ4n) is 6.58. The molecule has 48 heavy (non-hydrogen) atoms. The van der Waals surface area contributed by atoms with Crippen LogP contribution in [0, 0.1) is 0 Å². The SMILES string of the molecule is C=Cc1c(C=C)c2cc(-c3nc(-c4cccc(-c5ccccc5)c4)cc(-c4cccc(-c5cccnc5)c4)n3)ccc2c2ccccc12. The zero-order chi connectivity index (χ0) is 32.5. The van der Waals surface area contributed by atoms with E-state index in [1.807, 2.05) is 30.5 Å². The molecular weight excluding hydrogens is 583 g/mol. The standard InChI is InChI=1S/C45H31N3/c1-3-37-38(4-2)42-27-35(22-23-41(42)40-21-9-8-20-39(37)40)45-47-43(33-17-10-15-31(25-33)30-13-6-5-7-14-30)28-44(48-45)34-18-11-16-32(26-34)36-19-12-24-46-29-36/h3-29H,1-2H2. The molecule has 0 saturated carbocycles. The Morgan fingerprint density at radius 1 is 0.396 bits per heavy atom. The van der Waals surface area contributed by atoms with E-state index in [1.165, 1.54) is 5.39 Å². The second-order valence-electron chi connectivity index (χ2n) is 11.8. The largest absolute Gasteiger partial charge is 0.264 e. The number of hydrogen-bond donors (Lipinski definition) is 0. The molecule has 226 valence electrons. The Morgan fingerprint density at radius 3 is 1.62 bits per heavy atom. The summed E-state index contributed by atoms with van der Waals surface area (Å²) in [6.07, 6.45) is 7.54. The molecule has 0 bridgehead atoms. The minimum absolute atomic E-state index is 0.657. The van der Waals surface area contributed by atoms with Crippen molar-refractivity contribution in [1.29, 1.82) is 0 Å². The Hall–Kier alpha value is -6.45. The van der Waals surface area contributed by atoms with Crippen molar-refractivity contribution in [2.45, 2.75) is 0 Å². The predicted octanol–water partition coefficient (Wildman–Crippen LogP) is 11.8. The number of pyridine rings is 1. The molecule has 3 nitrogen and oxygen atoms in total. The topological polar surface area (TPSA) is 38.7 Å². The first kappa shape index (κ1) is 29.0. The highest BCUT2D eigenvalue weighted by atomic mass is 14.9. The normalized spacial score (nSPS) is 11.1. The van der Waals surface area contributed by atoms with Gasteiger partial charge < -0.3 is 0 Å². The summed E-state index contributed by atoms with van der Waals surface area (Å²) in [4.78, 5) is 14.8. The predicted molar refractivity (Wildman–Crippen MR) is 202 cm³/mol. The molecule has 8 rings (SSSR count). The first-order chi connectivity index (χ1) is 23.7. The van der Waals surface area contributed by atoms with Crippen LogP contribution in [-0.4, -0.2) is 15.0 Å². The maximum Gasteiger partial charge on any atom is 0.160 e. The summed E-state index contributed by atoms with van der Waals surface area (Å²) in [7, 11) is 0. The van der Waals surface area contributed by atoms with E-state index < -0.39 is 0 Å². The molecule has 2 heterocycles. The molecule has 0 saturated heterocycles. The van der Waals surface area contributed by atoms with Crippen LogP contribution in [0.2, 0.25) is 0 Å². The molecule has 0 aliphatic carbocycles. The van der Waals surface area contributed by atoms with E-state index in [-0.39, 0.29) is 0 Å². The second kappa shape index (κ2) is 12.4. The van der Waals surface area contributed by atoms with Crippen LogP contribution in [0.15, 0.2) is 165 Å². The average molecular weight is 614 g/mol. The number of rotatable bonds is 7. The highest BCUT2D eigenvalue weighted by Crippen LogP contribution is 2.37. The van der Waals surface area contributed by atoms with Gasteiger partial charge in [0.05, 0.1) is 11.4 Å². The van der Waals surface area contributed by atoms with E-state index in [1.54, 1.807) is 6.20 Å². The van der Waals surface area contributed by atoms with Gasteiger partial charge in [0.25, 0.3) is 0 Å². The minimum Gasteiger partial charge on any atom is -0.264 e. The Kier molecular flexibility index (Phi) is 7.48. The van der Waals surface area contributed by atoms with Gasteiger partial charge in [-0.25, -0.2) is 9.97 Å². The summed E-state index contributed by atoms with van der Waals surface area (Å²) in [6, 6.07) is 48.5. The van der Waals surface area contributed by atoms with E-state index in [4.69, 9.17) is 9.97 Å². The van der Waals surface area contributed by atoms with Crippen molar-refractivity contribution >= 4 is 33.7 Å². The third kappa shape index (κ3) is 5.28. The van der Waals surface area contributed by atoms with Gasteiger partial charge >= 0.3 is 0 Å². The second-order valence-corrected chi connectivity index (χ2v) is 11.8. The Balaban J connectivity index is 1.35. The lowest BCUT2D eigenvalue weighted by atomic mass is 9.90. The number of nitrogens with zero attached hydrogens (tertiary/aromatic N) is 3. The number of fused-ring (bicyclic) bond motifs is 3. The van der Waals surface area contributed by atoms with E-state index >= 15 is 0 Å². The first-order valence-corrected chi connectivity index (χ1v) is 16.0. The van der Waals surface area contributed by atoms with Gasteiger partial charge in [-0.3, -0.25) is 4.98 Å².